The summed E-state index contributed by atoms with van der Waals surface area (Å²) in [5.41, 5.74) is 5.97. The summed E-state index contributed by atoms with van der Waals surface area (Å²) in [4.78, 5) is 2.21. The molecule has 0 radical (unpaired) electrons. The normalized spacial score (nSPS) is 23.2. The highest BCUT2D eigenvalue weighted by Crippen LogP contribution is 2.20. The van der Waals surface area contributed by atoms with E-state index in [1.54, 1.807) is 0 Å². The summed E-state index contributed by atoms with van der Waals surface area (Å²) in [6.07, 6.45) is 1.68. The molecule has 1 aliphatic rings. The van der Waals surface area contributed by atoms with Crippen LogP contribution in [0.5, 0.6) is 0 Å². The van der Waals surface area contributed by atoms with Crippen LogP contribution in [0.2, 0.25) is 0 Å². The van der Waals surface area contributed by atoms with Crippen molar-refractivity contribution in [3.8, 4) is 0 Å². The van der Waals surface area contributed by atoms with Crippen molar-refractivity contribution in [1.82, 2.24) is 4.90 Å². The van der Waals surface area contributed by atoms with Crippen molar-refractivity contribution in [2.75, 3.05) is 26.3 Å². The van der Waals surface area contributed by atoms with Crippen LogP contribution in [0.15, 0.2) is 0 Å². The van der Waals surface area contributed by atoms with Gasteiger partial charge in [-0.3, -0.25) is 9.29 Å². The molecule has 1 saturated heterocycles. The summed E-state index contributed by atoms with van der Waals surface area (Å²) in [7, 11) is 0. The minimum Gasteiger partial charge on any atom is -0.323 e. The molecular formula is C8H17FN2. The Morgan fingerprint density at radius 3 is 2.64 bits per heavy atom. The molecule has 1 heterocycles. The minimum atomic E-state index is -0.208. The standard InChI is InChI=1S/C8H17FN2/c1-2-8(10)6-11(7-8)5-3-4-9/h2-7,10H2,1H3. The molecule has 0 aromatic heterocycles. The van der Waals surface area contributed by atoms with Crippen LogP contribution in [-0.2, 0) is 0 Å². The number of nitrogens with two attached hydrogens (primary N) is 1. The smallest absolute Gasteiger partial charge is 0.0906 e. The van der Waals surface area contributed by atoms with Gasteiger partial charge >= 0.3 is 0 Å². The van der Waals surface area contributed by atoms with Crippen molar-refractivity contribution in [2.45, 2.75) is 25.3 Å². The minimum absolute atomic E-state index is 0.0380. The Labute approximate surface area is 67.6 Å². The van der Waals surface area contributed by atoms with Gasteiger partial charge in [0.2, 0.25) is 0 Å². The van der Waals surface area contributed by atoms with Crippen LogP contribution in [0.1, 0.15) is 19.8 Å². The third-order valence-corrected chi connectivity index (χ3v) is 2.39. The molecule has 1 rings (SSSR count). The molecule has 1 aliphatic heterocycles. The zero-order chi connectivity index (χ0) is 8.32. The van der Waals surface area contributed by atoms with Crippen molar-refractivity contribution in [3.63, 3.8) is 0 Å². The van der Waals surface area contributed by atoms with E-state index in [1.165, 1.54) is 0 Å². The number of likely N-dealkylation sites (tertiary alicyclic amines) is 1. The molecule has 0 unspecified atom stereocenters. The van der Waals surface area contributed by atoms with Gasteiger partial charge in [-0.25, -0.2) is 0 Å². The maximum absolute atomic E-state index is 11.7. The number of nitrogens with zero attached hydrogens (tertiary/aromatic N) is 1. The van der Waals surface area contributed by atoms with Gasteiger partial charge in [0.1, 0.15) is 0 Å². The lowest BCUT2D eigenvalue weighted by Crippen LogP contribution is -2.66. The lowest BCUT2D eigenvalue weighted by molar-refractivity contribution is 0.0652. The fourth-order valence-electron chi connectivity index (χ4n) is 1.51. The maximum Gasteiger partial charge on any atom is 0.0906 e. The summed E-state index contributed by atoms with van der Waals surface area (Å²) in [5, 5.41) is 0. The van der Waals surface area contributed by atoms with Gasteiger partial charge in [-0.15, -0.1) is 0 Å². The van der Waals surface area contributed by atoms with E-state index in [0.717, 1.165) is 26.1 Å². The summed E-state index contributed by atoms with van der Waals surface area (Å²) in [6, 6.07) is 0. The molecule has 3 heteroatoms. The topological polar surface area (TPSA) is 29.3 Å². The molecular weight excluding hydrogens is 143 g/mol. The Kier molecular flexibility index (Phi) is 2.84. The van der Waals surface area contributed by atoms with Crippen molar-refractivity contribution < 1.29 is 4.39 Å². The molecule has 0 aliphatic carbocycles. The first-order valence-corrected chi connectivity index (χ1v) is 4.27. The number of hydrogen-bond acceptors (Lipinski definition) is 2. The van der Waals surface area contributed by atoms with Gasteiger partial charge < -0.3 is 5.73 Å². The molecule has 0 spiro atoms. The fourth-order valence-corrected chi connectivity index (χ4v) is 1.51. The highest BCUT2D eigenvalue weighted by Gasteiger charge is 2.36. The SMILES string of the molecule is CCC1(N)CN(CCCF)C1. The number of hydrogen-bond donors (Lipinski definition) is 1. The first-order chi connectivity index (χ1) is 5.20. The van der Waals surface area contributed by atoms with Crippen LogP contribution in [0.4, 0.5) is 4.39 Å². The van der Waals surface area contributed by atoms with E-state index in [1.807, 2.05) is 0 Å². The molecule has 0 saturated carbocycles. The first kappa shape index (κ1) is 8.94. The third-order valence-electron chi connectivity index (χ3n) is 2.39. The van der Waals surface area contributed by atoms with Crippen LogP contribution >= 0.6 is 0 Å². The molecule has 1 fully saturated rings. The lowest BCUT2D eigenvalue weighted by Gasteiger charge is -2.47. The van der Waals surface area contributed by atoms with E-state index in [0.29, 0.717) is 6.42 Å². The molecule has 11 heavy (non-hydrogen) atoms. The number of rotatable bonds is 4. The van der Waals surface area contributed by atoms with E-state index in [2.05, 4.69) is 11.8 Å². The summed E-state index contributed by atoms with van der Waals surface area (Å²) in [5.74, 6) is 0. The molecule has 0 atom stereocenters. The Morgan fingerprint density at radius 2 is 2.18 bits per heavy atom. The summed E-state index contributed by atoms with van der Waals surface area (Å²) >= 11 is 0. The third kappa shape index (κ3) is 2.14. The summed E-state index contributed by atoms with van der Waals surface area (Å²) in [6.45, 7) is 4.66. The van der Waals surface area contributed by atoms with Crippen LogP contribution in [0, 0.1) is 0 Å². The van der Waals surface area contributed by atoms with Crippen molar-refractivity contribution in [2.24, 2.45) is 5.73 Å². The second-order valence-electron chi connectivity index (χ2n) is 3.47. The second-order valence-corrected chi connectivity index (χ2v) is 3.47. The van der Waals surface area contributed by atoms with Crippen molar-refractivity contribution in [3.05, 3.63) is 0 Å². The molecule has 0 amide bonds. The predicted molar refractivity (Wildman–Crippen MR) is 44.2 cm³/mol. The lowest BCUT2D eigenvalue weighted by atomic mass is 9.88. The Morgan fingerprint density at radius 1 is 1.55 bits per heavy atom. The molecule has 2 nitrogen and oxygen atoms in total. The zero-order valence-corrected chi connectivity index (χ0v) is 7.15. The van der Waals surface area contributed by atoms with E-state index < -0.39 is 0 Å². The van der Waals surface area contributed by atoms with Gasteiger partial charge in [-0.2, -0.15) is 0 Å². The maximum atomic E-state index is 11.7. The van der Waals surface area contributed by atoms with Crippen molar-refractivity contribution >= 4 is 0 Å². The highest BCUT2D eigenvalue weighted by molar-refractivity contribution is 4.98. The van der Waals surface area contributed by atoms with E-state index in [-0.39, 0.29) is 12.2 Å². The van der Waals surface area contributed by atoms with E-state index in [4.69, 9.17) is 5.73 Å². The summed E-state index contributed by atoms with van der Waals surface area (Å²) < 4.78 is 11.7. The zero-order valence-electron chi connectivity index (χ0n) is 7.15. The number of halogens is 1. The van der Waals surface area contributed by atoms with Gasteiger partial charge in [0.25, 0.3) is 0 Å². The molecule has 0 bridgehead atoms. The predicted octanol–water partition coefficient (Wildman–Crippen LogP) is 0.769. The molecule has 0 aromatic rings. The average Bonchev–Trinajstić information content (AvgIpc) is 1.96. The molecule has 66 valence electrons. The first-order valence-electron chi connectivity index (χ1n) is 4.27. The average molecular weight is 160 g/mol. The van der Waals surface area contributed by atoms with Crippen LogP contribution in [0.3, 0.4) is 0 Å². The fraction of sp³-hybridized carbons (Fsp3) is 1.00. The van der Waals surface area contributed by atoms with Crippen molar-refractivity contribution in [1.29, 1.82) is 0 Å². The highest BCUT2D eigenvalue weighted by atomic mass is 19.1. The van der Waals surface area contributed by atoms with Gasteiger partial charge in [0.15, 0.2) is 0 Å². The Balaban J connectivity index is 2.08. The number of alkyl halides is 1. The molecule has 2 N–H and O–H groups in total. The van der Waals surface area contributed by atoms with Crippen LogP contribution < -0.4 is 5.73 Å². The Hall–Kier alpha value is -0.150. The monoisotopic (exact) mass is 160 g/mol. The van der Waals surface area contributed by atoms with Gasteiger partial charge in [-0.05, 0) is 12.8 Å². The Bertz CT molecular complexity index is 121. The van der Waals surface area contributed by atoms with E-state index >= 15 is 0 Å². The largest absolute Gasteiger partial charge is 0.323 e. The van der Waals surface area contributed by atoms with Crippen LogP contribution in [0.25, 0.3) is 0 Å². The second kappa shape index (κ2) is 3.50. The van der Waals surface area contributed by atoms with Gasteiger partial charge in [0.05, 0.1) is 6.67 Å². The van der Waals surface area contributed by atoms with E-state index in [9.17, 15) is 4.39 Å². The van der Waals surface area contributed by atoms with Gasteiger partial charge in [0, 0.05) is 25.2 Å². The quantitative estimate of drug-likeness (QED) is 0.658. The molecule has 0 aromatic carbocycles. The van der Waals surface area contributed by atoms with Gasteiger partial charge in [-0.1, -0.05) is 6.92 Å². The van der Waals surface area contributed by atoms with Crippen LogP contribution in [-0.4, -0.2) is 36.7 Å².